The zero-order chi connectivity index (χ0) is 15.1. The Balaban J connectivity index is 0.000000774. The lowest BCUT2D eigenvalue weighted by molar-refractivity contribution is -0.121. The molecule has 110 valence electrons. The van der Waals surface area contributed by atoms with Gasteiger partial charge in [0.25, 0.3) is 0 Å². The molecule has 2 aromatic rings. The van der Waals surface area contributed by atoms with E-state index in [1.54, 1.807) is 0 Å². The number of carbonyl (C=O) groups is 1. The van der Waals surface area contributed by atoms with Crippen LogP contribution in [0.2, 0.25) is 0 Å². The monoisotopic (exact) mass is 282 g/mol. The van der Waals surface area contributed by atoms with E-state index in [0.717, 1.165) is 26.4 Å². The van der Waals surface area contributed by atoms with Gasteiger partial charge in [-0.1, -0.05) is 60.7 Å². The van der Waals surface area contributed by atoms with E-state index >= 15 is 0 Å². The smallest absolute Gasteiger partial charge is 0.134 e. The fourth-order valence-corrected chi connectivity index (χ4v) is 3.27. The normalized spacial score (nSPS) is 16.8. The molecule has 0 saturated heterocycles. The summed E-state index contributed by atoms with van der Waals surface area (Å²) in [7, 11) is 1.00. The Hall–Kier alpha value is -1.93. The zero-order valence-electron chi connectivity index (χ0n) is 12.5. The molecule has 2 heteroatoms. The summed E-state index contributed by atoms with van der Waals surface area (Å²) in [6.07, 6.45) is 3.43. The Morgan fingerprint density at radius 1 is 0.857 bits per heavy atom. The first kappa shape index (κ1) is 15.5. The van der Waals surface area contributed by atoms with Gasteiger partial charge >= 0.3 is 0 Å². The van der Waals surface area contributed by atoms with Crippen LogP contribution < -0.4 is 0 Å². The second-order valence-corrected chi connectivity index (χ2v) is 5.38. The van der Waals surface area contributed by atoms with Crippen molar-refractivity contribution < 1.29 is 9.90 Å². The van der Waals surface area contributed by atoms with Gasteiger partial charge in [0.05, 0.1) is 0 Å². The van der Waals surface area contributed by atoms with E-state index in [9.17, 15) is 4.79 Å². The van der Waals surface area contributed by atoms with Crippen molar-refractivity contribution >= 4 is 5.78 Å². The van der Waals surface area contributed by atoms with Crippen LogP contribution in [0.15, 0.2) is 60.7 Å². The first-order valence-electron chi connectivity index (χ1n) is 7.39. The number of aliphatic hydroxyl groups excluding tert-OH is 1. The average molecular weight is 282 g/mol. The van der Waals surface area contributed by atoms with Crippen molar-refractivity contribution in [2.75, 3.05) is 7.11 Å². The number of hydrogen-bond acceptors (Lipinski definition) is 2. The number of hydrogen-bond donors (Lipinski definition) is 1. The zero-order valence-corrected chi connectivity index (χ0v) is 12.5. The van der Waals surface area contributed by atoms with Gasteiger partial charge in [0, 0.05) is 25.4 Å². The topological polar surface area (TPSA) is 37.3 Å². The predicted molar refractivity (Wildman–Crippen MR) is 85.3 cm³/mol. The van der Waals surface area contributed by atoms with Crippen LogP contribution in [0, 0.1) is 0 Å². The fourth-order valence-electron chi connectivity index (χ4n) is 3.27. The van der Waals surface area contributed by atoms with E-state index in [1.165, 1.54) is 11.1 Å². The van der Waals surface area contributed by atoms with Crippen molar-refractivity contribution in [3.8, 4) is 0 Å². The maximum absolute atomic E-state index is 12.0. The van der Waals surface area contributed by atoms with E-state index in [-0.39, 0.29) is 5.41 Å². The second kappa shape index (κ2) is 7.19. The third-order valence-corrected chi connectivity index (χ3v) is 4.21. The molecule has 0 aliphatic heterocycles. The summed E-state index contributed by atoms with van der Waals surface area (Å²) in [5.41, 5.74) is 2.43. The Bertz CT molecular complexity index is 521. The molecule has 0 bridgehead atoms. The van der Waals surface area contributed by atoms with Crippen LogP contribution >= 0.6 is 0 Å². The van der Waals surface area contributed by atoms with Gasteiger partial charge < -0.3 is 5.11 Å². The van der Waals surface area contributed by atoms with Crippen molar-refractivity contribution in [3.05, 3.63) is 71.8 Å². The van der Waals surface area contributed by atoms with Gasteiger partial charge in [0.15, 0.2) is 0 Å². The Kier molecular flexibility index (Phi) is 5.29. The minimum atomic E-state index is -0.113. The molecule has 0 aromatic heterocycles. The maximum Gasteiger partial charge on any atom is 0.134 e. The van der Waals surface area contributed by atoms with Crippen LogP contribution in [-0.2, 0) is 10.2 Å². The molecule has 1 aliphatic rings. The molecule has 0 atom stereocenters. The second-order valence-electron chi connectivity index (χ2n) is 5.38. The quantitative estimate of drug-likeness (QED) is 0.911. The molecule has 1 saturated carbocycles. The van der Waals surface area contributed by atoms with E-state index in [1.807, 2.05) is 12.1 Å². The standard InChI is InChI=1S/C18H18O.CH4O/c19-17-12-7-13-18(14-17,15-8-3-1-4-9-15)16-10-5-2-6-11-16;1-2/h1-6,8-11H,7,12-14H2;2H,1H3. The molecule has 2 nitrogen and oxygen atoms in total. The number of carbonyl (C=O) groups excluding carboxylic acids is 1. The summed E-state index contributed by atoms with van der Waals surface area (Å²) in [6.45, 7) is 0. The van der Waals surface area contributed by atoms with Gasteiger partial charge in [-0.05, 0) is 24.0 Å². The maximum atomic E-state index is 12.0. The summed E-state index contributed by atoms with van der Waals surface area (Å²) in [5, 5.41) is 7.00. The van der Waals surface area contributed by atoms with Gasteiger partial charge in [-0.2, -0.15) is 0 Å². The van der Waals surface area contributed by atoms with E-state index in [4.69, 9.17) is 5.11 Å². The summed E-state index contributed by atoms with van der Waals surface area (Å²) in [5.74, 6) is 0.388. The van der Waals surface area contributed by atoms with Gasteiger partial charge in [0.2, 0.25) is 0 Å². The fraction of sp³-hybridized carbons (Fsp3) is 0.316. The van der Waals surface area contributed by atoms with Crippen LogP contribution in [0.4, 0.5) is 0 Å². The molecule has 1 fully saturated rings. The molecule has 3 rings (SSSR count). The number of rotatable bonds is 2. The van der Waals surface area contributed by atoms with Crippen molar-refractivity contribution in [2.24, 2.45) is 0 Å². The molecule has 0 radical (unpaired) electrons. The molecule has 0 heterocycles. The van der Waals surface area contributed by atoms with E-state index in [0.29, 0.717) is 12.2 Å². The lowest BCUT2D eigenvalue weighted by Gasteiger charge is -2.37. The first-order chi connectivity index (χ1) is 10.3. The van der Waals surface area contributed by atoms with Crippen molar-refractivity contribution in [3.63, 3.8) is 0 Å². The molecule has 1 aliphatic carbocycles. The highest BCUT2D eigenvalue weighted by atomic mass is 16.2. The highest BCUT2D eigenvalue weighted by Gasteiger charge is 2.38. The number of ketones is 1. The average Bonchev–Trinajstić information content (AvgIpc) is 2.58. The van der Waals surface area contributed by atoms with Crippen LogP contribution in [0.3, 0.4) is 0 Å². The van der Waals surface area contributed by atoms with Gasteiger partial charge in [-0.15, -0.1) is 0 Å². The molecule has 1 N–H and O–H groups in total. The molecule has 21 heavy (non-hydrogen) atoms. The Labute approximate surface area is 126 Å². The molecule has 2 aromatic carbocycles. The van der Waals surface area contributed by atoms with Crippen LogP contribution in [0.25, 0.3) is 0 Å². The molecular formula is C19H22O2. The summed E-state index contributed by atoms with van der Waals surface area (Å²) >= 11 is 0. The first-order valence-corrected chi connectivity index (χ1v) is 7.39. The van der Waals surface area contributed by atoms with E-state index < -0.39 is 0 Å². The minimum Gasteiger partial charge on any atom is -0.400 e. The SMILES string of the molecule is CO.O=C1CCCC(c2ccccc2)(c2ccccc2)C1. The number of aliphatic hydroxyl groups is 1. The third-order valence-electron chi connectivity index (χ3n) is 4.21. The minimum absolute atomic E-state index is 0.113. The van der Waals surface area contributed by atoms with Gasteiger partial charge in [-0.3, -0.25) is 4.79 Å². The summed E-state index contributed by atoms with van der Waals surface area (Å²) < 4.78 is 0. The largest absolute Gasteiger partial charge is 0.400 e. The molecular weight excluding hydrogens is 260 g/mol. The predicted octanol–water partition coefficient (Wildman–Crippen LogP) is 3.72. The van der Waals surface area contributed by atoms with Crippen LogP contribution in [0.5, 0.6) is 0 Å². The summed E-state index contributed by atoms with van der Waals surface area (Å²) in [6, 6.07) is 21.0. The molecule has 0 unspecified atom stereocenters. The van der Waals surface area contributed by atoms with Gasteiger partial charge in [0.1, 0.15) is 5.78 Å². The number of Topliss-reactive ketones (excluding diaryl/α,β-unsaturated/α-hetero) is 1. The lowest BCUT2D eigenvalue weighted by Crippen LogP contribution is -2.34. The Morgan fingerprint density at radius 2 is 1.33 bits per heavy atom. The van der Waals surface area contributed by atoms with Crippen LogP contribution in [-0.4, -0.2) is 18.0 Å². The molecule has 0 spiro atoms. The van der Waals surface area contributed by atoms with Crippen LogP contribution in [0.1, 0.15) is 36.8 Å². The lowest BCUT2D eigenvalue weighted by atomic mass is 9.65. The van der Waals surface area contributed by atoms with Gasteiger partial charge in [-0.25, -0.2) is 0 Å². The van der Waals surface area contributed by atoms with Crippen molar-refractivity contribution in [1.29, 1.82) is 0 Å². The highest BCUT2D eigenvalue weighted by molar-refractivity contribution is 5.82. The van der Waals surface area contributed by atoms with Crippen molar-refractivity contribution in [1.82, 2.24) is 0 Å². The highest BCUT2D eigenvalue weighted by Crippen LogP contribution is 2.43. The Morgan fingerprint density at radius 3 is 1.76 bits per heavy atom. The third kappa shape index (κ3) is 3.22. The summed E-state index contributed by atoms with van der Waals surface area (Å²) in [4.78, 5) is 12.0. The van der Waals surface area contributed by atoms with E-state index in [2.05, 4.69) is 48.5 Å². The van der Waals surface area contributed by atoms with Crippen molar-refractivity contribution in [2.45, 2.75) is 31.1 Å². The number of benzene rings is 2. The molecule has 0 amide bonds.